The van der Waals surface area contributed by atoms with E-state index in [-0.39, 0.29) is 23.6 Å². The fraction of sp³-hybridized carbons (Fsp3) is 0.375. The summed E-state index contributed by atoms with van der Waals surface area (Å²) in [6.45, 7) is 3.62. The maximum Gasteiger partial charge on any atom is 0.253 e. The number of likely N-dealkylation sites (tertiary alicyclic amines) is 1. The monoisotopic (exact) mass is 407 g/mol. The minimum atomic E-state index is -0.0612. The first-order valence-electron chi connectivity index (χ1n) is 10.6. The number of nitrogens with one attached hydrogen (secondary N) is 2. The summed E-state index contributed by atoms with van der Waals surface area (Å²) in [6, 6.07) is 16.8. The highest BCUT2D eigenvalue weighted by atomic mass is 16.2. The van der Waals surface area contributed by atoms with Crippen LogP contribution in [0.25, 0.3) is 0 Å². The molecule has 0 spiro atoms. The van der Waals surface area contributed by atoms with Crippen molar-refractivity contribution in [1.29, 1.82) is 0 Å². The summed E-state index contributed by atoms with van der Waals surface area (Å²) < 4.78 is 0. The molecule has 3 rings (SSSR count). The van der Waals surface area contributed by atoms with Gasteiger partial charge in [-0.05, 0) is 49.1 Å². The van der Waals surface area contributed by atoms with Crippen molar-refractivity contribution in [1.82, 2.24) is 10.2 Å². The van der Waals surface area contributed by atoms with Crippen LogP contribution in [0.1, 0.15) is 48.5 Å². The quantitative estimate of drug-likeness (QED) is 0.736. The molecule has 0 aromatic heterocycles. The Morgan fingerprint density at radius 2 is 1.63 bits per heavy atom. The van der Waals surface area contributed by atoms with E-state index < -0.39 is 0 Å². The molecule has 1 aliphatic heterocycles. The molecule has 2 N–H and O–H groups in total. The Bertz CT molecular complexity index is 857. The van der Waals surface area contributed by atoms with Gasteiger partial charge in [-0.15, -0.1) is 0 Å². The highest BCUT2D eigenvalue weighted by Crippen LogP contribution is 2.20. The molecular formula is C24H29N3O3. The summed E-state index contributed by atoms with van der Waals surface area (Å²) in [6.07, 6.45) is 2.60. The van der Waals surface area contributed by atoms with Gasteiger partial charge in [-0.2, -0.15) is 0 Å². The first-order chi connectivity index (χ1) is 14.6. The fourth-order valence-corrected chi connectivity index (χ4v) is 3.60. The molecule has 1 fully saturated rings. The molecule has 0 saturated carbocycles. The van der Waals surface area contributed by atoms with Crippen molar-refractivity contribution in [2.45, 2.75) is 39.2 Å². The Morgan fingerprint density at radius 1 is 0.967 bits per heavy atom. The smallest absolute Gasteiger partial charge is 0.253 e. The molecule has 6 heteroatoms. The van der Waals surface area contributed by atoms with Crippen molar-refractivity contribution in [2.24, 2.45) is 5.92 Å². The average molecular weight is 408 g/mol. The minimum absolute atomic E-state index is 0.0239. The lowest BCUT2D eigenvalue weighted by Gasteiger charge is -2.31. The van der Waals surface area contributed by atoms with E-state index in [1.807, 2.05) is 37.3 Å². The zero-order valence-corrected chi connectivity index (χ0v) is 17.4. The third kappa shape index (κ3) is 5.92. The first kappa shape index (κ1) is 21.6. The molecule has 0 aliphatic carbocycles. The van der Waals surface area contributed by atoms with Crippen LogP contribution in [0.2, 0.25) is 0 Å². The molecule has 2 aromatic rings. The van der Waals surface area contributed by atoms with Crippen molar-refractivity contribution in [3.63, 3.8) is 0 Å². The van der Waals surface area contributed by atoms with E-state index in [1.165, 1.54) is 0 Å². The third-order valence-electron chi connectivity index (χ3n) is 5.36. The number of amides is 3. The van der Waals surface area contributed by atoms with E-state index in [4.69, 9.17) is 0 Å². The molecular weight excluding hydrogens is 378 g/mol. The molecule has 158 valence electrons. The number of hydrogen-bond donors (Lipinski definition) is 2. The van der Waals surface area contributed by atoms with Crippen molar-refractivity contribution in [2.75, 3.05) is 18.4 Å². The molecule has 1 aliphatic rings. The van der Waals surface area contributed by atoms with Gasteiger partial charge in [0.15, 0.2) is 0 Å². The summed E-state index contributed by atoms with van der Waals surface area (Å²) in [5.41, 5.74) is 2.36. The zero-order valence-electron chi connectivity index (χ0n) is 17.4. The SMILES string of the molecule is CCCC(=O)Nc1ccc(C(=O)N2CCC(C(=O)NCc3ccccc3)CC2)cc1. The van der Waals surface area contributed by atoms with Gasteiger partial charge in [-0.1, -0.05) is 37.3 Å². The highest BCUT2D eigenvalue weighted by molar-refractivity contribution is 5.96. The predicted molar refractivity (Wildman–Crippen MR) is 117 cm³/mol. The second kappa shape index (κ2) is 10.6. The summed E-state index contributed by atoms with van der Waals surface area (Å²) in [5.74, 6) is -0.0687. The highest BCUT2D eigenvalue weighted by Gasteiger charge is 2.27. The Labute approximate surface area is 177 Å². The number of carbonyl (C=O) groups is 3. The van der Waals surface area contributed by atoms with Crippen LogP contribution in [0.5, 0.6) is 0 Å². The predicted octanol–water partition coefficient (Wildman–Crippen LogP) is 3.59. The van der Waals surface area contributed by atoms with Crippen molar-refractivity contribution in [3.05, 3.63) is 65.7 Å². The second-order valence-electron chi connectivity index (χ2n) is 7.65. The van der Waals surface area contributed by atoms with Crippen LogP contribution in [0.15, 0.2) is 54.6 Å². The van der Waals surface area contributed by atoms with Crippen LogP contribution in [-0.2, 0) is 16.1 Å². The fourth-order valence-electron chi connectivity index (χ4n) is 3.60. The molecule has 0 unspecified atom stereocenters. The van der Waals surface area contributed by atoms with E-state index >= 15 is 0 Å². The van der Waals surface area contributed by atoms with Crippen LogP contribution in [0, 0.1) is 5.92 Å². The van der Waals surface area contributed by atoms with Gasteiger partial charge in [-0.3, -0.25) is 14.4 Å². The van der Waals surface area contributed by atoms with Gasteiger partial charge >= 0.3 is 0 Å². The summed E-state index contributed by atoms with van der Waals surface area (Å²) in [4.78, 5) is 38.7. The lowest BCUT2D eigenvalue weighted by atomic mass is 9.95. The third-order valence-corrected chi connectivity index (χ3v) is 5.36. The van der Waals surface area contributed by atoms with E-state index in [2.05, 4.69) is 10.6 Å². The number of hydrogen-bond acceptors (Lipinski definition) is 3. The summed E-state index contributed by atoms with van der Waals surface area (Å²) in [5, 5.41) is 5.82. The van der Waals surface area contributed by atoms with Gasteiger partial charge in [-0.25, -0.2) is 0 Å². The standard InChI is InChI=1S/C24H29N3O3/c1-2-6-22(28)26-21-11-9-20(10-12-21)24(30)27-15-13-19(14-16-27)23(29)25-17-18-7-4-3-5-8-18/h3-5,7-12,19H,2,6,13-17H2,1H3,(H,25,29)(H,26,28). The van der Waals surface area contributed by atoms with Crippen LogP contribution in [0.3, 0.4) is 0 Å². The molecule has 0 radical (unpaired) electrons. The number of rotatable bonds is 7. The Morgan fingerprint density at radius 3 is 2.27 bits per heavy atom. The first-order valence-corrected chi connectivity index (χ1v) is 10.6. The molecule has 1 heterocycles. The van der Waals surface area contributed by atoms with Crippen molar-refractivity contribution >= 4 is 23.4 Å². The molecule has 0 bridgehead atoms. The summed E-state index contributed by atoms with van der Waals surface area (Å²) in [7, 11) is 0. The molecule has 3 amide bonds. The van der Waals surface area contributed by atoms with E-state index in [0.717, 1.165) is 12.0 Å². The normalized spacial score (nSPS) is 14.2. The van der Waals surface area contributed by atoms with E-state index in [1.54, 1.807) is 29.2 Å². The van der Waals surface area contributed by atoms with E-state index in [9.17, 15) is 14.4 Å². The lowest BCUT2D eigenvalue weighted by molar-refractivity contribution is -0.126. The molecule has 1 saturated heterocycles. The number of anilines is 1. The molecule has 0 atom stereocenters. The van der Waals surface area contributed by atoms with Gasteiger partial charge < -0.3 is 15.5 Å². The maximum absolute atomic E-state index is 12.8. The van der Waals surface area contributed by atoms with Crippen LogP contribution in [0.4, 0.5) is 5.69 Å². The van der Waals surface area contributed by atoms with Crippen LogP contribution < -0.4 is 10.6 Å². The lowest BCUT2D eigenvalue weighted by Crippen LogP contribution is -2.42. The largest absolute Gasteiger partial charge is 0.352 e. The van der Waals surface area contributed by atoms with Gasteiger partial charge in [0, 0.05) is 43.2 Å². The van der Waals surface area contributed by atoms with Gasteiger partial charge in [0.1, 0.15) is 0 Å². The van der Waals surface area contributed by atoms with Crippen molar-refractivity contribution < 1.29 is 14.4 Å². The average Bonchev–Trinajstić information content (AvgIpc) is 2.78. The van der Waals surface area contributed by atoms with Crippen LogP contribution >= 0.6 is 0 Å². The number of carbonyl (C=O) groups excluding carboxylic acids is 3. The number of benzene rings is 2. The maximum atomic E-state index is 12.8. The second-order valence-corrected chi connectivity index (χ2v) is 7.65. The van der Waals surface area contributed by atoms with Gasteiger partial charge in [0.2, 0.25) is 11.8 Å². The van der Waals surface area contributed by atoms with Gasteiger partial charge in [0.05, 0.1) is 0 Å². The molecule has 2 aromatic carbocycles. The topological polar surface area (TPSA) is 78.5 Å². The molecule has 30 heavy (non-hydrogen) atoms. The zero-order chi connectivity index (χ0) is 21.3. The van der Waals surface area contributed by atoms with Gasteiger partial charge in [0.25, 0.3) is 5.91 Å². The Kier molecular flexibility index (Phi) is 7.60. The number of nitrogens with zero attached hydrogens (tertiary/aromatic N) is 1. The Hall–Kier alpha value is -3.15. The summed E-state index contributed by atoms with van der Waals surface area (Å²) >= 11 is 0. The van der Waals surface area contributed by atoms with E-state index in [0.29, 0.717) is 50.1 Å². The minimum Gasteiger partial charge on any atom is -0.352 e. The van der Waals surface area contributed by atoms with Crippen molar-refractivity contribution in [3.8, 4) is 0 Å². The molecule has 6 nitrogen and oxygen atoms in total. The number of piperidine rings is 1. The Balaban J connectivity index is 1.46. The van der Waals surface area contributed by atoms with Crippen LogP contribution in [-0.4, -0.2) is 35.7 Å².